The van der Waals surface area contributed by atoms with Gasteiger partial charge in [-0.15, -0.1) is 0 Å². The van der Waals surface area contributed by atoms with E-state index in [-0.39, 0.29) is 0 Å². The first-order chi connectivity index (χ1) is 8.40. The van der Waals surface area contributed by atoms with E-state index in [1.165, 1.54) is 0 Å². The molecular formula is C4HF9O5S2. The number of alkyl halides is 9. The lowest BCUT2D eigenvalue weighted by molar-refractivity contribution is -0.427. The Balaban J connectivity index is 5.84. The molecule has 0 atom stereocenters. The molecule has 0 rings (SSSR count). The number of hydrogen-bond acceptors (Lipinski definition) is 5. The third-order valence-corrected chi connectivity index (χ3v) is 3.61. The lowest BCUT2D eigenvalue weighted by atomic mass is 10.1. The fourth-order valence-electron chi connectivity index (χ4n) is 0.576. The van der Waals surface area contributed by atoms with Crippen molar-refractivity contribution in [2.45, 2.75) is 24.1 Å². The van der Waals surface area contributed by atoms with Gasteiger partial charge in [-0.3, -0.25) is 0 Å². The van der Waals surface area contributed by atoms with Gasteiger partial charge in [-0.1, -0.05) is 0 Å². The maximum atomic E-state index is 12.5. The Morgan fingerprint density at radius 3 is 1.35 bits per heavy atom. The summed E-state index contributed by atoms with van der Waals surface area (Å²) in [4.78, 5) is 0. The molecule has 0 radical (unpaired) electrons. The molecule has 0 bridgehead atoms. The van der Waals surface area contributed by atoms with E-state index < -0.39 is 43.0 Å². The van der Waals surface area contributed by atoms with Crippen molar-refractivity contribution in [1.29, 1.82) is 0 Å². The standard InChI is InChI=1S/C4HF9O5S2/c5-1(6,3(9,10)11)2(7,8)4(12,13)18-20(16,17)19(14)15/h19H. The summed E-state index contributed by atoms with van der Waals surface area (Å²) in [5.41, 5.74) is 0. The van der Waals surface area contributed by atoms with E-state index in [4.69, 9.17) is 0 Å². The monoisotopic (exact) mass is 364 g/mol. The van der Waals surface area contributed by atoms with Gasteiger partial charge in [-0.05, 0) is 0 Å². The molecule has 0 heterocycles. The van der Waals surface area contributed by atoms with Crippen molar-refractivity contribution >= 4 is 18.9 Å². The summed E-state index contributed by atoms with van der Waals surface area (Å²) in [6.45, 7) is 0. The van der Waals surface area contributed by atoms with Gasteiger partial charge in [0.05, 0.1) is 0 Å². The molecule has 0 unspecified atom stereocenters. The second-order valence-corrected chi connectivity index (χ2v) is 6.60. The fourth-order valence-corrected chi connectivity index (χ4v) is 1.47. The van der Waals surface area contributed by atoms with Crippen LogP contribution in [0.2, 0.25) is 0 Å². The van der Waals surface area contributed by atoms with Crippen molar-refractivity contribution in [3.63, 3.8) is 0 Å². The van der Waals surface area contributed by atoms with Crippen molar-refractivity contribution in [3.05, 3.63) is 0 Å². The molecular weight excluding hydrogens is 363 g/mol. The maximum Gasteiger partial charge on any atom is 0.460 e. The Morgan fingerprint density at radius 1 is 0.750 bits per heavy atom. The van der Waals surface area contributed by atoms with Gasteiger partial charge in [0.1, 0.15) is 0 Å². The molecule has 0 aromatic carbocycles. The summed E-state index contributed by atoms with van der Waals surface area (Å²) >= 11 is 0. The zero-order chi connectivity index (χ0) is 16.8. The Bertz CT molecular complexity index is 535. The summed E-state index contributed by atoms with van der Waals surface area (Å²) in [7, 11) is -11.5. The average molecular weight is 364 g/mol. The first kappa shape index (κ1) is 19.2. The molecule has 0 N–H and O–H groups in total. The number of rotatable bonds is 5. The molecule has 0 aliphatic heterocycles. The van der Waals surface area contributed by atoms with Gasteiger partial charge in [0, 0.05) is 0 Å². The van der Waals surface area contributed by atoms with Crippen LogP contribution in [-0.4, -0.2) is 41.0 Å². The number of hydrogen-bond donors (Lipinski definition) is 1. The fraction of sp³-hybridized carbons (Fsp3) is 1.00. The minimum absolute atomic E-state index is 1.95. The highest BCUT2D eigenvalue weighted by molar-refractivity contribution is 8.57. The van der Waals surface area contributed by atoms with Crippen LogP contribution >= 0.6 is 0 Å². The van der Waals surface area contributed by atoms with Crippen LogP contribution in [0, 0.1) is 0 Å². The van der Waals surface area contributed by atoms with E-state index in [9.17, 15) is 56.3 Å². The molecule has 0 aliphatic rings. The highest BCUT2D eigenvalue weighted by atomic mass is 33.2. The first-order valence-corrected chi connectivity index (χ1v) is 6.89. The molecule has 20 heavy (non-hydrogen) atoms. The van der Waals surface area contributed by atoms with Gasteiger partial charge in [0.2, 0.25) is 0 Å². The van der Waals surface area contributed by atoms with E-state index >= 15 is 0 Å². The molecule has 0 saturated heterocycles. The van der Waals surface area contributed by atoms with Crippen molar-refractivity contribution in [1.82, 2.24) is 0 Å². The van der Waals surface area contributed by atoms with E-state index in [0.717, 1.165) is 0 Å². The zero-order valence-corrected chi connectivity index (χ0v) is 10.0. The lowest BCUT2D eigenvalue weighted by Gasteiger charge is -2.31. The van der Waals surface area contributed by atoms with Crippen LogP contribution < -0.4 is 0 Å². The normalized spacial score (nSPS) is 15.7. The number of halogens is 9. The summed E-state index contributed by atoms with van der Waals surface area (Å²) < 4.78 is 151. The van der Waals surface area contributed by atoms with Gasteiger partial charge >= 0.3 is 33.3 Å². The highest BCUT2D eigenvalue weighted by Crippen LogP contribution is 2.53. The molecule has 0 aromatic rings. The van der Waals surface area contributed by atoms with Gasteiger partial charge in [0.15, 0.2) is 0 Å². The molecule has 0 amide bonds. The highest BCUT2D eigenvalue weighted by Gasteiger charge is 2.83. The summed E-state index contributed by atoms with van der Waals surface area (Å²) in [6, 6.07) is 0. The second kappa shape index (κ2) is 4.90. The zero-order valence-electron chi connectivity index (χ0n) is 8.30. The average Bonchev–Trinajstić information content (AvgIpc) is 2.12. The topological polar surface area (TPSA) is 77.5 Å². The van der Waals surface area contributed by atoms with Crippen molar-refractivity contribution in [2.24, 2.45) is 0 Å². The third kappa shape index (κ3) is 3.11. The van der Waals surface area contributed by atoms with Crippen LogP contribution in [-0.2, 0) is 23.1 Å². The van der Waals surface area contributed by atoms with Crippen LogP contribution in [0.15, 0.2) is 0 Å². The van der Waals surface area contributed by atoms with Crippen molar-refractivity contribution in [2.75, 3.05) is 0 Å². The van der Waals surface area contributed by atoms with Gasteiger partial charge in [-0.2, -0.15) is 52.1 Å². The molecule has 0 saturated carbocycles. The minimum atomic E-state index is -7.40. The quantitative estimate of drug-likeness (QED) is 0.452. The predicted octanol–water partition coefficient (Wildman–Crippen LogP) is 1.28. The van der Waals surface area contributed by atoms with Crippen LogP contribution in [0.3, 0.4) is 0 Å². The molecule has 0 fully saturated rings. The Hall–Kier alpha value is -0.770. The molecule has 0 aliphatic carbocycles. The first-order valence-electron chi connectivity index (χ1n) is 3.70. The lowest BCUT2D eigenvalue weighted by Crippen LogP contribution is -2.62. The largest absolute Gasteiger partial charge is 0.460 e. The smallest absolute Gasteiger partial charge is 0.213 e. The molecule has 0 spiro atoms. The van der Waals surface area contributed by atoms with Crippen LogP contribution in [0.25, 0.3) is 0 Å². The van der Waals surface area contributed by atoms with E-state index in [1.807, 2.05) is 4.18 Å². The van der Waals surface area contributed by atoms with Crippen molar-refractivity contribution in [3.8, 4) is 0 Å². The summed E-state index contributed by atoms with van der Waals surface area (Å²) in [6.07, 6.45) is -14.2. The van der Waals surface area contributed by atoms with E-state index in [2.05, 4.69) is 0 Å². The van der Waals surface area contributed by atoms with Crippen LogP contribution in [0.5, 0.6) is 0 Å². The molecule has 16 heteroatoms. The van der Waals surface area contributed by atoms with Gasteiger partial charge < -0.3 is 0 Å². The third-order valence-electron chi connectivity index (χ3n) is 1.51. The van der Waals surface area contributed by atoms with Crippen LogP contribution in [0.1, 0.15) is 0 Å². The predicted molar refractivity (Wildman–Crippen MR) is 41.2 cm³/mol. The van der Waals surface area contributed by atoms with Crippen molar-refractivity contribution < 1.29 is 60.5 Å². The summed E-state index contributed by atoms with van der Waals surface area (Å²) in [5, 5.41) is 0. The Kier molecular flexibility index (Phi) is 4.71. The van der Waals surface area contributed by atoms with Gasteiger partial charge in [-0.25, -0.2) is 8.42 Å². The van der Waals surface area contributed by atoms with Gasteiger partial charge in [0.25, 0.3) is 9.74 Å². The Morgan fingerprint density at radius 2 is 1.10 bits per heavy atom. The maximum absolute atomic E-state index is 12.5. The summed E-state index contributed by atoms with van der Waals surface area (Å²) in [5.74, 6) is -14.8. The van der Waals surface area contributed by atoms with Crippen LogP contribution in [0.4, 0.5) is 39.5 Å². The van der Waals surface area contributed by atoms with E-state index in [0.29, 0.717) is 0 Å². The molecule has 5 nitrogen and oxygen atoms in total. The molecule has 122 valence electrons. The number of thiol groups is 1. The SMILES string of the molecule is O=[SH](=O)S(=O)(=O)OC(F)(F)C(F)(F)C(F)(F)C(F)(F)F. The Labute approximate surface area is 104 Å². The molecule has 0 aromatic heterocycles. The minimum Gasteiger partial charge on any atom is -0.213 e. The second-order valence-electron chi connectivity index (χ2n) is 2.90. The van der Waals surface area contributed by atoms with E-state index in [1.54, 1.807) is 0 Å².